The van der Waals surface area contributed by atoms with Gasteiger partial charge < -0.3 is 14.8 Å². The fourth-order valence-electron chi connectivity index (χ4n) is 2.91. The lowest BCUT2D eigenvalue weighted by Crippen LogP contribution is -2.44. The molecule has 2 rings (SSSR count). The molecule has 2 aromatic rings. The molecule has 0 bridgehead atoms. The third-order valence-electron chi connectivity index (χ3n) is 4.68. The summed E-state index contributed by atoms with van der Waals surface area (Å²) in [5.74, 6) is 0.972. The van der Waals surface area contributed by atoms with E-state index >= 15 is 0 Å². The second-order valence-corrected chi connectivity index (χ2v) is 10.4. The first-order valence-corrected chi connectivity index (χ1v) is 11.9. The molecule has 2 aromatic carbocycles. The third-order valence-corrected chi connectivity index (χ3v) is 5.82. The Morgan fingerprint density at radius 1 is 1.03 bits per heavy atom. The number of rotatable bonds is 9. The lowest BCUT2D eigenvalue weighted by molar-refractivity contribution is -0.120. The first-order chi connectivity index (χ1) is 14.4. The zero-order chi connectivity index (χ0) is 23.2. The number of sulfonamides is 1. The predicted molar refractivity (Wildman–Crippen MR) is 123 cm³/mol. The number of methoxy groups -OCH3 is 1. The maximum atomic E-state index is 12.5. The molecular formula is C23H32N2O5S. The highest BCUT2D eigenvalue weighted by molar-refractivity contribution is 7.92. The number of anilines is 1. The van der Waals surface area contributed by atoms with Crippen molar-refractivity contribution in [1.29, 1.82) is 0 Å². The summed E-state index contributed by atoms with van der Waals surface area (Å²) in [6, 6.07) is 14.0. The van der Waals surface area contributed by atoms with Crippen LogP contribution >= 0.6 is 0 Å². The molecule has 8 heteroatoms. The van der Waals surface area contributed by atoms with Crippen LogP contribution in [0.2, 0.25) is 0 Å². The fourth-order valence-corrected chi connectivity index (χ4v) is 3.77. The van der Waals surface area contributed by atoms with Gasteiger partial charge in [0.15, 0.2) is 0 Å². The summed E-state index contributed by atoms with van der Waals surface area (Å²) in [5, 5.41) is 2.79. The van der Waals surface area contributed by atoms with Gasteiger partial charge >= 0.3 is 0 Å². The van der Waals surface area contributed by atoms with Crippen LogP contribution in [0.3, 0.4) is 0 Å². The second-order valence-electron chi connectivity index (χ2n) is 8.52. The molecule has 0 radical (unpaired) electrons. The van der Waals surface area contributed by atoms with Crippen LogP contribution in [0.5, 0.6) is 11.5 Å². The molecule has 0 saturated heterocycles. The molecule has 170 valence electrons. The largest absolute Gasteiger partial charge is 0.497 e. The summed E-state index contributed by atoms with van der Waals surface area (Å²) < 4.78 is 36.5. The van der Waals surface area contributed by atoms with Crippen LogP contribution in [-0.4, -0.2) is 46.9 Å². The first kappa shape index (κ1) is 24.5. The third kappa shape index (κ3) is 7.47. The monoisotopic (exact) mass is 448 g/mol. The van der Waals surface area contributed by atoms with Crippen molar-refractivity contribution < 1.29 is 22.7 Å². The highest BCUT2D eigenvalue weighted by Crippen LogP contribution is 2.26. The number of hydrogen-bond donors (Lipinski definition) is 1. The van der Waals surface area contributed by atoms with Gasteiger partial charge in [-0.25, -0.2) is 8.42 Å². The average Bonchev–Trinajstić information content (AvgIpc) is 2.69. The van der Waals surface area contributed by atoms with Crippen molar-refractivity contribution in [3.05, 3.63) is 54.1 Å². The quantitative estimate of drug-likeness (QED) is 0.636. The minimum absolute atomic E-state index is 0.0505. The van der Waals surface area contributed by atoms with Crippen molar-refractivity contribution in [1.82, 2.24) is 5.32 Å². The lowest BCUT2D eigenvalue weighted by Gasteiger charge is -2.25. The predicted octanol–water partition coefficient (Wildman–Crippen LogP) is 3.34. The van der Waals surface area contributed by atoms with Crippen LogP contribution < -0.4 is 19.1 Å². The van der Waals surface area contributed by atoms with Crippen LogP contribution in [0, 0.1) is 0 Å². The molecule has 0 spiro atoms. The molecule has 1 amide bonds. The van der Waals surface area contributed by atoms with Crippen LogP contribution in [0.15, 0.2) is 48.5 Å². The zero-order valence-electron chi connectivity index (χ0n) is 19.0. The van der Waals surface area contributed by atoms with Crippen molar-refractivity contribution in [3.63, 3.8) is 0 Å². The van der Waals surface area contributed by atoms with Crippen LogP contribution in [-0.2, 0) is 20.2 Å². The van der Waals surface area contributed by atoms with Crippen molar-refractivity contribution in [2.45, 2.75) is 39.2 Å². The molecule has 0 fully saturated rings. The van der Waals surface area contributed by atoms with E-state index < -0.39 is 15.9 Å². The molecule has 0 saturated carbocycles. The van der Waals surface area contributed by atoms with Crippen molar-refractivity contribution in [3.8, 4) is 11.5 Å². The van der Waals surface area contributed by atoms with Crippen LogP contribution in [0.4, 0.5) is 5.69 Å². The molecule has 0 aliphatic carbocycles. The zero-order valence-corrected chi connectivity index (χ0v) is 19.8. The number of carbonyl (C=O) groups is 1. The Morgan fingerprint density at radius 3 is 2.06 bits per heavy atom. The average molecular weight is 449 g/mol. The lowest BCUT2D eigenvalue weighted by atomic mass is 9.87. The van der Waals surface area contributed by atoms with Crippen LogP contribution in [0.25, 0.3) is 0 Å². The molecule has 0 heterocycles. The minimum Gasteiger partial charge on any atom is -0.497 e. The Kier molecular flexibility index (Phi) is 7.95. The van der Waals surface area contributed by atoms with E-state index in [0.717, 1.165) is 21.9 Å². The molecule has 1 N–H and O–H groups in total. The number of ether oxygens (including phenoxy) is 2. The van der Waals surface area contributed by atoms with Gasteiger partial charge in [-0.15, -0.1) is 0 Å². The summed E-state index contributed by atoms with van der Waals surface area (Å²) in [6.45, 7) is 7.99. The molecule has 1 unspecified atom stereocenters. The fraction of sp³-hybridized carbons (Fsp3) is 0.435. The normalized spacial score (nSPS) is 12.7. The van der Waals surface area contributed by atoms with Crippen LogP contribution in [0.1, 0.15) is 33.3 Å². The molecule has 0 aliphatic rings. The summed E-state index contributed by atoms with van der Waals surface area (Å²) in [7, 11) is -2.04. The molecule has 31 heavy (non-hydrogen) atoms. The smallest absolute Gasteiger partial charge is 0.241 e. The van der Waals surface area contributed by atoms with E-state index in [1.54, 1.807) is 50.4 Å². The Morgan fingerprint density at radius 2 is 1.58 bits per heavy atom. The van der Waals surface area contributed by atoms with E-state index in [2.05, 4.69) is 26.1 Å². The van der Waals surface area contributed by atoms with Crippen molar-refractivity contribution >= 4 is 21.6 Å². The second kappa shape index (κ2) is 10.0. The maximum Gasteiger partial charge on any atom is 0.241 e. The number of carbonyl (C=O) groups excluding carboxylic acids is 1. The molecular weight excluding hydrogens is 416 g/mol. The van der Waals surface area contributed by atoms with Gasteiger partial charge in [0.05, 0.1) is 25.1 Å². The van der Waals surface area contributed by atoms with Gasteiger partial charge in [-0.05, 0) is 54.3 Å². The van der Waals surface area contributed by atoms with Gasteiger partial charge in [-0.2, -0.15) is 0 Å². The van der Waals surface area contributed by atoms with E-state index in [9.17, 15) is 13.2 Å². The maximum absolute atomic E-state index is 12.5. The van der Waals surface area contributed by atoms with Gasteiger partial charge in [0.1, 0.15) is 24.7 Å². The number of benzene rings is 2. The minimum atomic E-state index is -3.63. The highest BCUT2D eigenvalue weighted by atomic mass is 32.2. The van der Waals surface area contributed by atoms with E-state index in [1.807, 2.05) is 12.1 Å². The number of nitrogens with one attached hydrogen (secondary N) is 1. The first-order valence-electron chi connectivity index (χ1n) is 10.0. The summed E-state index contributed by atoms with van der Waals surface area (Å²) in [4.78, 5) is 12.5. The Balaban J connectivity index is 1.98. The van der Waals surface area contributed by atoms with Gasteiger partial charge in [0, 0.05) is 0 Å². The Hall–Kier alpha value is -2.74. The van der Waals surface area contributed by atoms with Crippen molar-refractivity contribution in [2.24, 2.45) is 0 Å². The topological polar surface area (TPSA) is 84.9 Å². The van der Waals surface area contributed by atoms with E-state index in [4.69, 9.17) is 9.47 Å². The number of amides is 1. The molecule has 0 aliphatic heterocycles. The highest BCUT2D eigenvalue weighted by Gasteiger charge is 2.22. The van der Waals surface area contributed by atoms with E-state index in [0.29, 0.717) is 11.4 Å². The summed E-state index contributed by atoms with van der Waals surface area (Å²) >= 11 is 0. The molecule has 0 aromatic heterocycles. The SMILES string of the molecule is COc1ccc(OCC(C)NC(=O)CN(c2ccc(C(C)(C)C)cc2)S(C)(=O)=O)cc1. The Labute approximate surface area is 185 Å². The van der Waals surface area contributed by atoms with Gasteiger partial charge in [-0.1, -0.05) is 32.9 Å². The molecule has 7 nitrogen and oxygen atoms in total. The van der Waals surface area contributed by atoms with E-state index in [-0.39, 0.29) is 24.6 Å². The summed E-state index contributed by atoms with van der Waals surface area (Å²) in [5.41, 5.74) is 1.48. The Bertz CT molecular complexity index is 965. The standard InChI is InChI=1S/C23H32N2O5S/c1-17(16-30-21-13-11-20(29-5)12-14-21)24-22(26)15-25(31(6,27)28)19-9-7-18(8-10-19)23(2,3)4/h7-14,17H,15-16H2,1-6H3,(H,24,26). The van der Waals surface area contributed by atoms with Gasteiger partial charge in [-0.3, -0.25) is 9.10 Å². The molecule has 1 atom stereocenters. The van der Waals surface area contributed by atoms with E-state index in [1.165, 1.54) is 0 Å². The summed E-state index contributed by atoms with van der Waals surface area (Å²) in [6.07, 6.45) is 1.09. The van der Waals surface area contributed by atoms with Gasteiger partial charge in [0.25, 0.3) is 0 Å². The number of nitrogens with zero attached hydrogens (tertiary/aromatic N) is 1. The van der Waals surface area contributed by atoms with Crippen molar-refractivity contribution in [2.75, 3.05) is 30.8 Å². The number of hydrogen-bond acceptors (Lipinski definition) is 5. The van der Waals surface area contributed by atoms with Gasteiger partial charge in [0.2, 0.25) is 15.9 Å².